The van der Waals surface area contributed by atoms with Crippen molar-refractivity contribution in [2.24, 2.45) is 0 Å². The van der Waals surface area contributed by atoms with E-state index in [0.29, 0.717) is 17.0 Å². The molecule has 0 aliphatic carbocycles. The molecule has 1 amide bonds. The van der Waals surface area contributed by atoms with E-state index in [0.717, 1.165) is 16.1 Å². The van der Waals surface area contributed by atoms with Crippen molar-refractivity contribution < 1.29 is 17.6 Å². The zero-order chi connectivity index (χ0) is 17.3. The van der Waals surface area contributed by atoms with Crippen molar-refractivity contribution in [2.45, 2.75) is 0 Å². The number of para-hydroxylation sites is 1. The monoisotopic (exact) mass is 408 g/mol. The lowest BCUT2D eigenvalue weighted by Crippen LogP contribution is -2.12. The van der Waals surface area contributed by atoms with Crippen LogP contribution in [0.2, 0.25) is 0 Å². The van der Waals surface area contributed by atoms with Crippen LogP contribution in [-0.2, 0) is 10.0 Å². The molecule has 0 fully saturated rings. The summed E-state index contributed by atoms with van der Waals surface area (Å²) in [6.07, 6.45) is 1.06. The fraction of sp³-hybridized carbons (Fsp3) is 0.0625. The zero-order valence-corrected chi connectivity index (χ0v) is 14.9. The summed E-state index contributed by atoms with van der Waals surface area (Å²) in [6, 6.07) is 13.6. The van der Waals surface area contributed by atoms with Crippen LogP contribution in [0.1, 0.15) is 10.6 Å². The number of sulfonamides is 1. The molecule has 0 bridgehead atoms. The molecule has 1 aromatic heterocycles. The number of amides is 1. The van der Waals surface area contributed by atoms with E-state index in [4.69, 9.17) is 4.42 Å². The van der Waals surface area contributed by atoms with E-state index in [-0.39, 0.29) is 5.76 Å². The van der Waals surface area contributed by atoms with E-state index in [1.807, 2.05) is 18.2 Å². The minimum absolute atomic E-state index is 0.165. The van der Waals surface area contributed by atoms with Crippen LogP contribution >= 0.6 is 15.9 Å². The molecular weight excluding hydrogens is 396 g/mol. The van der Waals surface area contributed by atoms with E-state index >= 15 is 0 Å². The molecule has 2 N–H and O–H groups in total. The Morgan fingerprint density at radius 3 is 2.50 bits per heavy atom. The van der Waals surface area contributed by atoms with Crippen molar-refractivity contribution in [3.8, 4) is 0 Å². The van der Waals surface area contributed by atoms with Gasteiger partial charge >= 0.3 is 0 Å². The summed E-state index contributed by atoms with van der Waals surface area (Å²) >= 11 is 3.37. The molecule has 3 aromatic rings. The van der Waals surface area contributed by atoms with Crippen molar-refractivity contribution in [3.63, 3.8) is 0 Å². The van der Waals surface area contributed by atoms with Crippen LogP contribution in [0, 0.1) is 0 Å². The molecule has 0 saturated carbocycles. The molecule has 0 unspecified atom stereocenters. The average Bonchev–Trinajstić information content (AvgIpc) is 2.91. The molecule has 0 radical (unpaired) electrons. The van der Waals surface area contributed by atoms with Crippen molar-refractivity contribution in [1.82, 2.24) is 0 Å². The van der Waals surface area contributed by atoms with Gasteiger partial charge < -0.3 is 9.73 Å². The molecule has 1 heterocycles. The summed E-state index contributed by atoms with van der Waals surface area (Å²) in [5, 5.41) is 3.49. The van der Waals surface area contributed by atoms with Gasteiger partial charge in [-0.2, -0.15) is 0 Å². The van der Waals surface area contributed by atoms with E-state index in [1.54, 1.807) is 24.3 Å². The molecule has 0 atom stereocenters. The number of anilines is 2. The molecule has 6 nitrogen and oxygen atoms in total. The first-order valence-corrected chi connectivity index (χ1v) is 9.57. The van der Waals surface area contributed by atoms with Gasteiger partial charge in [0.1, 0.15) is 5.58 Å². The molecule has 124 valence electrons. The SMILES string of the molecule is CS(=O)(=O)Nc1cccc(NC(=O)c2cc3cccc(Br)c3o2)c1. The first-order chi connectivity index (χ1) is 11.3. The minimum Gasteiger partial charge on any atom is -0.450 e. The number of rotatable bonds is 4. The Balaban J connectivity index is 1.83. The molecule has 0 aliphatic rings. The highest BCUT2D eigenvalue weighted by atomic mass is 79.9. The Morgan fingerprint density at radius 2 is 1.79 bits per heavy atom. The fourth-order valence-electron chi connectivity index (χ4n) is 2.21. The lowest BCUT2D eigenvalue weighted by atomic mass is 10.2. The Morgan fingerprint density at radius 1 is 1.08 bits per heavy atom. The number of carbonyl (C=O) groups excluding carboxylic acids is 1. The number of hydrogen-bond donors (Lipinski definition) is 2. The Hall–Kier alpha value is -2.32. The van der Waals surface area contributed by atoms with Crippen molar-refractivity contribution >= 4 is 54.2 Å². The summed E-state index contributed by atoms with van der Waals surface area (Å²) in [6.45, 7) is 0. The summed E-state index contributed by atoms with van der Waals surface area (Å²) < 4.78 is 31.2. The van der Waals surface area contributed by atoms with Gasteiger partial charge in [0.15, 0.2) is 5.76 Å². The summed E-state index contributed by atoms with van der Waals surface area (Å²) in [5.41, 5.74) is 1.41. The van der Waals surface area contributed by atoms with E-state index < -0.39 is 15.9 Å². The van der Waals surface area contributed by atoms with Gasteiger partial charge in [-0.05, 0) is 46.3 Å². The first-order valence-electron chi connectivity index (χ1n) is 6.89. The van der Waals surface area contributed by atoms with Crippen LogP contribution in [0.25, 0.3) is 11.0 Å². The summed E-state index contributed by atoms with van der Waals surface area (Å²) in [5.74, 6) is -0.256. The van der Waals surface area contributed by atoms with Gasteiger partial charge in [0, 0.05) is 11.1 Å². The maximum Gasteiger partial charge on any atom is 0.291 e. The van der Waals surface area contributed by atoms with Crippen molar-refractivity contribution in [2.75, 3.05) is 16.3 Å². The van der Waals surface area contributed by atoms with Crippen LogP contribution in [-0.4, -0.2) is 20.6 Å². The number of nitrogens with one attached hydrogen (secondary N) is 2. The summed E-state index contributed by atoms with van der Waals surface area (Å²) in [4.78, 5) is 12.3. The highest BCUT2D eigenvalue weighted by Crippen LogP contribution is 2.27. The van der Waals surface area contributed by atoms with Gasteiger partial charge in [0.25, 0.3) is 5.91 Å². The third-order valence-corrected chi connectivity index (χ3v) is 4.37. The maximum absolute atomic E-state index is 12.3. The van der Waals surface area contributed by atoms with Crippen molar-refractivity contribution in [1.29, 1.82) is 0 Å². The normalized spacial score (nSPS) is 11.4. The van der Waals surface area contributed by atoms with E-state index in [9.17, 15) is 13.2 Å². The number of benzene rings is 2. The minimum atomic E-state index is -3.38. The lowest BCUT2D eigenvalue weighted by Gasteiger charge is -2.07. The van der Waals surface area contributed by atoms with Gasteiger partial charge in [0.05, 0.1) is 16.4 Å². The maximum atomic E-state index is 12.3. The molecule has 0 aliphatic heterocycles. The van der Waals surface area contributed by atoms with Crippen LogP contribution in [0.15, 0.2) is 57.4 Å². The van der Waals surface area contributed by atoms with E-state index in [1.165, 1.54) is 6.07 Å². The van der Waals surface area contributed by atoms with Gasteiger partial charge in [-0.15, -0.1) is 0 Å². The van der Waals surface area contributed by atoms with Gasteiger partial charge in [-0.25, -0.2) is 8.42 Å². The third kappa shape index (κ3) is 3.77. The van der Waals surface area contributed by atoms with Gasteiger partial charge in [0.2, 0.25) is 10.0 Å². The largest absolute Gasteiger partial charge is 0.450 e. The molecule has 24 heavy (non-hydrogen) atoms. The number of hydrogen-bond acceptors (Lipinski definition) is 4. The second-order valence-electron chi connectivity index (χ2n) is 5.18. The second-order valence-corrected chi connectivity index (χ2v) is 7.78. The molecular formula is C16H13BrN2O4S. The standard InChI is InChI=1S/C16H13BrN2O4S/c1-24(21,22)19-12-6-3-5-11(9-12)18-16(20)14-8-10-4-2-7-13(17)15(10)23-14/h2-9,19H,1H3,(H,18,20). The number of carbonyl (C=O) groups is 1. The second kappa shape index (κ2) is 6.29. The lowest BCUT2D eigenvalue weighted by molar-refractivity contribution is 0.0998. The van der Waals surface area contributed by atoms with Crippen LogP contribution in [0.4, 0.5) is 11.4 Å². The smallest absolute Gasteiger partial charge is 0.291 e. The van der Waals surface area contributed by atoms with Crippen molar-refractivity contribution in [3.05, 3.63) is 58.8 Å². The fourth-order valence-corrected chi connectivity index (χ4v) is 3.22. The summed E-state index contributed by atoms with van der Waals surface area (Å²) in [7, 11) is -3.38. The number of fused-ring (bicyclic) bond motifs is 1. The predicted octanol–water partition coefficient (Wildman–Crippen LogP) is 3.82. The highest BCUT2D eigenvalue weighted by molar-refractivity contribution is 9.10. The Kier molecular flexibility index (Phi) is 4.33. The number of halogens is 1. The quantitative estimate of drug-likeness (QED) is 0.686. The van der Waals surface area contributed by atoms with Gasteiger partial charge in [-0.1, -0.05) is 18.2 Å². The average molecular weight is 409 g/mol. The molecule has 2 aromatic carbocycles. The van der Waals surface area contributed by atoms with Gasteiger partial charge in [-0.3, -0.25) is 9.52 Å². The first kappa shape index (κ1) is 16.5. The molecule has 0 saturated heterocycles. The predicted molar refractivity (Wildman–Crippen MR) is 96.8 cm³/mol. The Bertz CT molecular complexity index is 1030. The Labute approximate surface area is 147 Å². The highest BCUT2D eigenvalue weighted by Gasteiger charge is 2.14. The van der Waals surface area contributed by atoms with Crippen LogP contribution in [0.3, 0.4) is 0 Å². The third-order valence-electron chi connectivity index (χ3n) is 3.14. The molecule has 8 heteroatoms. The molecule has 0 spiro atoms. The van der Waals surface area contributed by atoms with Crippen LogP contribution in [0.5, 0.6) is 0 Å². The van der Waals surface area contributed by atoms with Crippen LogP contribution < -0.4 is 10.0 Å². The topological polar surface area (TPSA) is 88.4 Å². The number of furan rings is 1. The molecule has 3 rings (SSSR count). The van der Waals surface area contributed by atoms with E-state index in [2.05, 4.69) is 26.0 Å². The zero-order valence-electron chi connectivity index (χ0n) is 12.5.